The largest absolute Gasteiger partial charge is 0.469 e. The van der Waals surface area contributed by atoms with Crippen LogP contribution in [-0.4, -0.2) is 18.1 Å². The Morgan fingerprint density at radius 3 is 3.08 bits per heavy atom. The predicted molar refractivity (Wildman–Crippen MR) is 40.1 cm³/mol. The van der Waals surface area contributed by atoms with Gasteiger partial charge in [0, 0.05) is 0 Å². The maximum absolute atomic E-state index is 10.7. The lowest BCUT2D eigenvalue weighted by Crippen LogP contribution is -2.04. The fourth-order valence-electron chi connectivity index (χ4n) is 0.720. The van der Waals surface area contributed by atoms with Crippen LogP contribution in [0.25, 0.3) is 0 Å². The van der Waals surface area contributed by atoms with Crippen molar-refractivity contribution in [2.75, 3.05) is 7.11 Å². The van der Waals surface area contributed by atoms with Crippen LogP contribution in [0.2, 0.25) is 0 Å². The van der Waals surface area contributed by atoms with Crippen molar-refractivity contribution in [3.05, 3.63) is 17.8 Å². The van der Waals surface area contributed by atoms with Gasteiger partial charge in [-0.05, 0) is 0 Å². The van der Waals surface area contributed by atoms with Crippen molar-refractivity contribution >= 4 is 5.97 Å². The molecular formula is C7H10N2O3. The quantitative estimate of drug-likeness (QED) is 0.638. The number of nitrogens with zero attached hydrogens (tertiary/aromatic N) is 1. The molecule has 0 saturated carbocycles. The molecule has 5 nitrogen and oxygen atoms in total. The van der Waals surface area contributed by atoms with Crippen molar-refractivity contribution in [1.82, 2.24) is 4.98 Å². The zero-order valence-electron chi connectivity index (χ0n) is 6.74. The normalized spacial score (nSPS) is 9.83. The Kier molecular flexibility index (Phi) is 2.82. The lowest BCUT2D eigenvalue weighted by Gasteiger charge is -1.93. The third-order valence-corrected chi connectivity index (χ3v) is 1.33. The lowest BCUT2D eigenvalue weighted by atomic mass is 10.4. The summed E-state index contributed by atoms with van der Waals surface area (Å²) in [6.45, 7) is 0.286. The highest BCUT2D eigenvalue weighted by Gasteiger charge is 2.08. The summed E-state index contributed by atoms with van der Waals surface area (Å²) < 4.78 is 9.50. The van der Waals surface area contributed by atoms with Crippen LogP contribution in [0.5, 0.6) is 0 Å². The Morgan fingerprint density at radius 1 is 1.83 bits per heavy atom. The molecule has 0 spiro atoms. The summed E-state index contributed by atoms with van der Waals surface area (Å²) in [5.74, 6) is 0.525. The van der Waals surface area contributed by atoms with Gasteiger partial charge in [-0.1, -0.05) is 0 Å². The van der Waals surface area contributed by atoms with Gasteiger partial charge in [0.1, 0.15) is 12.2 Å². The molecule has 0 aliphatic heterocycles. The molecule has 12 heavy (non-hydrogen) atoms. The first kappa shape index (κ1) is 8.73. The van der Waals surface area contributed by atoms with E-state index in [0.29, 0.717) is 11.7 Å². The minimum Gasteiger partial charge on any atom is -0.469 e. The van der Waals surface area contributed by atoms with Crippen molar-refractivity contribution in [2.45, 2.75) is 13.0 Å². The number of hydrogen-bond donors (Lipinski definition) is 1. The second kappa shape index (κ2) is 3.87. The molecule has 0 aliphatic carbocycles. The third kappa shape index (κ3) is 2.06. The summed E-state index contributed by atoms with van der Waals surface area (Å²) in [6, 6.07) is 0. The Bertz CT molecular complexity index is 269. The Hall–Kier alpha value is -1.36. The number of rotatable bonds is 3. The van der Waals surface area contributed by atoms with E-state index in [1.165, 1.54) is 13.3 Å². The van der Waals surface area contributed by atoms with Crippen LogP contribution in [0.4, 0.5) is 0 Å². The molecule has 2 N–H and O–H groups in total. The van der Waals surface area contributed by atoms with Crippen LogP contribution in [0, 0.1) is 0 Å². The van der Waals surface area contributed by atoms with Crippen LogP contribution in [0.15, 0.2) is 10.6 Å². The highest BCUT2D eigenvalue weighted by Crippen LogP contribution is 2.03. The first-order chi connectivity index (χ1) is 5.76. The zero-order chi connectivity index (χ0) is 8.97. The number of hydrogen-bond acceptors (Lipinski definition) is 5. The molecule has 0 aliphatic rings. The lowest BCUT2D eigenvalue weighted by molar-refractivity contribution is -0.140. The first-order valence-corrected chi connectivity index (χ1v) is 3.46. The number of carbonyl (C=O) groups excluding carboxylic acids is 1. The van der Waals surface area contributed by atoms with Crippen molar-refractivity contribution in [1.29, 1.82) is 0 Å². The van der Waals surface area contributed by atoms with Gasteiger partial charge in [-0.3, -0.25) is 4.79 Å². The van der Waals surface area contributed by atoms with Gasteiger partial charge in [0.25, 0.3) is 0 Å². The van der Waals surface area contributed by atoms with E-state index in [4.69, 9.17) is 10.2 Å². The van der Waals surface area contributed by atoms with E-state index < -0.39 is 0 Å². The molecule has 1 aromatic heterocycles. The molecule has 1 rings (SSSR count). The van der Waals surface area contributed by atoms with Crippen LogP contribution in [0.1, 0.15) is 11.7 Å². The Morgan fingerprint density at radius 2 is 2.58 bits per heavy atom. The van der Waals surface area contributed by atoms with E-state index >= 15 is 0 Å². The fourth-order valence-corrected chi connectivity index (χ4v) is 0.720. The maximum atomic E-state index is 10.7. The summed E-state index contributed by atoms with van der Waals surface area (Å²) in [5, 5.41) is 0. The SMILES string of the molecule is COC(=O)Cc1ncc(CN)o1. The summed E-state index contributed by atoms with van der Waals surface area (Å²) in [7, 11) is 1.31. The monoisotopic (exact) mass is 170 g/mol. The average Bonchev–Trinajstić information content (AvgIpc) is 2.52. The third-order valence-electron chi connectivity index (χ3n) is 1.33. The van der Waals surface area contributed by atoms with Crippen LogP contribution in [-0.2, 0) is 22.5 Å². The Balaban J connectivity index is 2.58. The summed E-state index contributed by atoms with van der Waals surface area (Å²) >= 11 is 0. The minimum absolute atomic E-state index is 0.0521. The minimum atomic E-state index is -0.375. The van der Waals surface area contributed by atoms with Crippen LogP contribution >= 0.6 is 0 Å². The molecule has 0 radical (unpaired) electrons. The number of nitrogens with two attached hydrogens (primary N) is 1. The Labute approximate surface area is 69.5 Å². The van der Waals surface area contributed by atoms with Crippen molar-refractivity contribution in [2.24, 2.45) is 5.73 Å². The van der Waals surface area contributed by atoms with Crippen LogP contribution in [0.3, 0.4) is 0 Å². The van der Waals surface area contributed by atoms with Crippen molar-refractivity contribution < 1.29 is 13.9 Å². The maximum Gasteiger partial charge on any atom is 0.314 e. The number of ether oxygens (including phenoxy) is 1. The molecular weight excluding hydrogens is 160 g/mol. The molecule has 0 aromatic carbocycles. The van der Waals surface area contributed by atoms with E-state index in [2.05, 4.69) is 9.72 Å². The molecule has 1 heterocycles. The summed E-state index contributed by atoms with van der Waals surface area (Å²) in [4.78, 5) is 14.6. The van der Waals surface area contributed by atoms with Gasteiger partial charge in [-0.2, -0.15) is 0 Å². The number of aromatic nitrogens is 1. The van der Waals surface area contributed by atoms with Crippen LogP contribution < -0.4 is 5.73 Å². The molecule has 1 aromatic rings. The molecule has 0 saturated heterocycles. The summed E-state index contributed by atoms with van der Waals surface area (Å²) in [5.41, 5.74) is 5.28. The number of esters is 1. The van der Waals surface area contributed by atoms with Gasteiger partial charge in [-0.25, -0.2) is 4.98 Å². The molecule has 0 bridgehead atoms. The van der Waals surface area contributed by atoms with E-state index in [0.717, 1.165) is 0 Å². The van der Waals surface area contributed by atoms with E-state index in [1.54, 1.807) is 0 Å². The van der Waals surface area contributed by atoms with Gasteiger partial charge >= 0.3 is 5.97 Å². The second-order valence-corrected chi connectivity index (χ2v) is 2.18. The van der Waals surface area contributed by atoms with E-state index in [9.17, 15) is 4.79 Å². The first-order valence-electron chi connectivity index (χ1n) is 3.46. The second-order valence-electron chi connectivity index (χ2n) is 2.18. The average molecular weight is 170 g/mol. The molecule has 0 atom stereocenters. The van der Waals surface area contributed by atoms with Gasteiger partial charge in [-0.15, -0.1) is 0 Å². The van der Waals surface area contributed by atoms with Crippen molar-refractivity contribution in [3.63, 3.8) is 0 Å². The van der Waals surface area contributed by atoms with E-state index in [-0.39, 0.29) is 18.9 Å². The van der Waals surface area contributed by atoms with E-state index in [1.807, 2.05) is 0 Å². The fraction of sp³-hybridized carbons (Fsp3) is 0.429. The van der Waals surface area contributed by atoms with Crippen molar-refractivity contribution in [3.8, 4) is 0 Å². The van der Waals surface area contributed by atoms with Gasteiger partial charge in [0.15, 0.2) is 0 Å². The molecule has 5 heteroatoms. The number of carbonyl (C=O) groups is 1. The molecule has 66 valence electrons. The molecule has 0 fully saturated rings. The van der Waals surface area contributed by atoms with Gasteiger partial charge in [0.05, 0.1) is 19.9 Å². The smallest absolute Gasteiger partial charge is 0.314 e. The van der Waals surface area contributed by atoms with Gasteiger partial charge < -0.3 is 14.9 Å². The topological polar surface area (TPSA) is 78.3 Å². The van der Waals surface area contributed by atoms with Gasteiger partial charge in [0.2, 0.25) is 5.89 Å². The molecule has 0 unspecified atom stereocenters. The summed E-state index contributed by atoms with van der Waals surface area (Å²) in [6.07, 6.45) is 1.55. The highest BCUT2D eigenvalue weighted by molar-refractivity contribution is 5.71. The molecule has 0 amide bonds. The number of oxazole rings is 1. The zero-order valence-corrected chi connectivity index (χ0v) is 6.74. The number of methoxy groups -OCH3 is 1. The highest BCUT2D eigenvalue weighted by atomic mass is 16.5. The predicted octanol–water partition coefficient (Wildman–Crippen LogP) is -0.151. The standard InChI is InChI=1S/C7H10N2O3/c1-11-7(10)2-6-9-4-5(3-8)12-6/h4H,2-3,8H2,1H3.